The van der Waals surface area contributed by atoms with Gasteiger partial charge in [0, 0.05) is 5.56 Å². The van der Waals surface area contributed by atoms with Gasteiger partial charge in [-0.3, -0.25) is 0 Å². The fourth-order valence-corrected chi connectivity index (χ4v) is 2.73. The van der Waals surface area contributed by atoms with E-state index in [9.17, 15) is 4.39 Å². The Labute approximate surface area is 115 Å². The highest BCUT2D eigenvalue weighted by Crippen LogP contribution is 2.22. The third kappa shape index (κ3) is 4.29. The molecule has 1 aromatic carbocycles. The summed E-state index contributed by atoms with van der Waals surface area (Å²) in [7, 11) is 1.85. The van der Waals surface area contributed by atoms with Crippen molar-refractivity contribution in [3.8, 4) is 0 Å². The van der Waals surface area contributed by atoms with E-state index >= 15 is 0 Å². The molecule has 1 N–H and O–H groups in total. The topological polar surface area (TPSA) is 21.3 Å². The van der Waals surface area contributed by atoms with Gasteiger partial charge in [0.1, 0.15) is 5.82 Å². The van der Waals surface area contributed by atoms with Crippen molar-refractivity contribution in [3.05, 3.63) is 35.6 Å². The lowest BCUT2D eigenvalue weighted by atomic mass is 10.1. The number of hydrogen-bond acceptors (Lipinski definition) is 2. The quantitative estimate of drug-likeness (QED) is 0.817. The summed E-state index contributed by atoms with van der Waals surface area (Å²) in [5.74, 6) is -0.161. The van der Waals surface area contributed by atoms with E-state index in [2.05, 4.69) is 5.32 Å². The van der Waals surface area contributed by atoms with Crippen molar-refractivity contribution in [2.24, 2.45) is 0 Å². The van der Waals surface area contributed by atoms with Crippen molar-refractivity contribution in [3.63, 3.8) is 0 Å². The minimum absolute atomic E-state index is 0.0653. The molecular weight excluding hydrogens is 241 g/mol. The summed E-state index contributed by atoms with van der Waals surface area (Å²) in [5, 5.41) is 3.15. The predicted octanol–water partition coefficient (Wildman–Crippen LogP) is 3.83. The number of halogens is 1. The second-order valence-electron chi connectivity index (χ2n) is 5.31. The molecule has 1 aliphatic carbocycles. The molecule has 0 spiro atoms. The van der Waals surface area contributed by atoms with Crippen LogP contribution in [0.4, 0.5) is 4.39 Å². The van der Waals surface area contributed by atoms with Crippen LogP contribution in [0.15, 0.2) is 24.3 Å². The molecule has 1 saturated carbocycles. The van der Waals surface area contributed by atoms with Crippen molar-refractivity contribution in [2.75, 3.05) is 13.7 Å². The first-order valence-corrected chi connectivity index (χ1v) is 7.34. The molecule has 1 unspecified atom stereocenters. The largest absolute Gasteiger partial charge is 0.376 e. The van der Waals surface area contributed by atoms with Gasteiger partial charge in [-0.15, -0.1) is 0 Å². The highest BCUT2D eigenvalue weighted by molar-refractivity contribution is 5.21. The SMILES string of the molecule is CNC(COC1CCCCCC1)c1ccccc1F. The second kappa shape index (κ2) is 7.61. The van der Waals surface area contributed by atoms with Gasteiger partial charge in [-0.1, -0.05) is 43.9 Å². The van der Waals surface area contributed by atoms with Gasteiger partial charge < -0.3 is 10.1 Å². The zero-order chi connectivity index (χ0) is 13.5. The number of ether oxygens (including phenoxy) is 1. The minimum Gasteiger partial charge on any atom is -0.376 e. The lowest BCUT2D eigenvalue weighted by Gasteiger charge is -2.22. The monoisotopic (exact) mass is 265 g/mol. The molecule has 0 amide bonds. The number of likely N-dealkylation sites (N-methyl/N-ethyl adjacent to an activating group) is 1. The van der Waals surface area contributed by atoms with Crippen molar-refractivity contribution >= 4 is 0 Å². The molecule has 1 aliphatic rings. The van der Waals surface area contributed by atoms with Crippen LogP contribution in [0.25, 0.3) is 0 Å². The molecule has 1 aromatic rings. The molecule has 106 valence electrons. The molecule has 0 heterocycles. The zero-order valence-corrected chi connectivity index (χ0v) is 11.7. The number of nitrogens with one attached hydrogen (secondary N) is 1. The normalized spacial score (nSPS) is 19.1. The van der Waals surface area contributed by atoms with Crippen molar-refractivity contribution < 1.29 is 9.13 Å². The summed E-state index contributed by atoms with van der Waals surface area (Å²) < 4.78 is 19.8. The van der Waals surface area contributed by atoms with Gasteiger partial charge in [-0.05, 0) is 26.0 Å². The van der Waals surface area contributed by atoms with Crippen LogP contribution in [-0.2, 0) is 4.74 Å². The predicted molar refractivity (Wildman–Crippen MR) is 75.6 cm³/mol. The maximum Gasteiger partial charge on any atom is 0.128 e. The molecule has 1 atom stereocenters. The molecule has 2 rings (SSSR count). The van der Waals surface area contributed by atoms with E-state index in [1.165, 1.54) is 31.7 Å². The van der Waals surface area contributed by atoms with Crippen molar-refractivity contribution in [1.82, 2.24) is 5.32 Å². The second-order valence-corrected chi connectivity index (χ2v) is 5.31. The summed E-state index contributed by atoms with van der Waals surface area (Å²) in [6.45, 7) is 0.544. The summed E-state index contributed by atoms with van der Waals surface area (Å²) in [6.07, 6.45) is 7.81. The molecular formula is C16H24FNO. The summed E-state index contributed by atoms with van der Waals surface area (Å²) in [6, 6.07) is 6.86. The minimum atomic E-state index is -0.161. The van der Waals surface area contributed by atoms with Crippen LogP contribution in [0, 0.1) is 5.82 Å². The summed E-state index contributed by atoms with van der Waals surface area (Å²) in [5.41, 5.74) is 0.693. The van der Waals surface area contributed by atoms with E-state index in [1.54, 1.807) is 6.07 Å². The Hall–Kier alpha value is -0.930. The summed E-state index contributed by atoms with van der Waals surface area (Å²) >= 11 is 0. The maximum atomic E-state index is 13.8. The van der Waals surface area contributed by atoms with Gasteiger partial charge in [-0.2, -0.15) is 0 Å². The van der Waals surface area contributed by atoms with Gasteiger partial charge in [0.2, 0.25) is 0 Å². The van der Waals surface area contributed by atoms with Gasteiger partial charge in [-0.25, -0.2) is 4.39 Å². The van der Waals surface area contributed by atoms with Crippen LogP contribution in [0.5, 0.6) is 0 Å². The smallest absolute Gasteiger partial charge is 0.128 e. The first-order valence-electron chi connectivity index (χ1n) is 7.34. The van der Waals surface area contributed by atoms with Crippen LogP contribution in [0.3, 0.4) is 0 Å². The first-order chi connectivity index (χ1) is 9.31. The summed E-state index contributed by atoms with van der Waals surface area (Å²) in [4.78, 5) is 0. The molecule has 0 aromatic heterocycles. The fourth-order valence-electron chi connectivity index (χ4n) is 2.73. The zero-order valence-electron chi connectivity index (χ0n) is 11.7. The molecule has 3 heteroatoms. The van der Waals surface area contributed by atoms with Crippen LogP contribution in [0.1, 0.15) is 50.1 Å². The molecule has 0 radical (unpaired) electrons. The van der Waals surface area contributed by atoms with E-state index in [-0.39, 0.29) is 11.9 Å². The number of benzene rings is 1. The average molecular weight is 265 g/mol. The van der Waals surface area contributed by atoms with Crippen LogP contribution < -0.4 is 5.32 Å². The van der Waals surface area contributed by atoms with E-state index in [1.807, 2.05) is 19.2 Å². The third-order valence-corrected chi connectivity index (χ3v) is 3.93. The number of hydrogen-bond donors (Lipinski definition) is 1. The lowest BCUT2D eigenvalue weighted by molar-refractivity contribution is 0.0295. The van der Waals surface area contributed by atoms with Gasteiger partial charge in [0.05, 0.1) is 18.8 Å². The Morgan fingerprint density at radius 3 is 2.53 bits per heavy atom. The highest BCUT2D eigenvalue weighted by atomic mass is 19.1. The van der Waals surface area contributed by atoms with E-state index < -0.39 is 0 Å². The van der Waals surface area contributed by atoms with Gasteiger partial charge in [0.15, 0.2) is 0 Å². The van der Waals surface area contributed by atoms with Gasteiger partial charge in [0.25, 0.3) is 0 Å². The molecule has 0 aliphatic heterocycles. The Bertz CT molecular complexity index is 375. The molecule has 2 nitrogen and oxygen atoms in total. The Morgan fingerprint density at radius 2 is 1.89 bits per heavy atom. The Morgan fingerprint density at radius 1 is 1.21 bits per heavy atom. The fraction of sp³-hybridized carbons (Fsp3) is 0.625. The Balaban J connectivity index is 1.90. The van der Waals surface area contributed by atoms with Crippen LogP contribution >= 0.6 is 0 Å². The number of rotatable bonds is 5. The molecule has 0 bridgehead atoms. The molecule has 19 heavy (non-hydrogen) atoms. The molecule has 0 saturated heterocycles. The van der Waals surface area contributed by atoms with E-state index in [4.69, 9.17) is 4.74 Å². The average Bonchev–Trinajstić information content (AvgIpc) is 2.70. The molecule has 1 fully saturated rings. The van der Waals surface area contributed by atoms with Crippen LogP contribution in [0.2, 0.25) is 0 Å². The van der Waals surface area contributed by atoms with Crippen molar-refractivity contribution in [1.29, 1.82) is 0 Å². The van der Waals surface area contributed by atoms with Gasteiger partial charge >= 0.3 is 0 Å². The third-order valence-electron chi connectivity index (χ3n) is 3.93. The van der Waals surface area contributed by atoms with E-state index in [0.29, 0.717) is 18.3 Å². The maximum absolute atomic E-state index is 13.8. The highest BCUT2D eigenvalue weighted by Gasteiger charge is 2.17. The first kappa shape index (κ1) is 14.5. The Kier molecular flexibility index (Phi) is 5.80. The lowest BCUT2D eigenvalue weighted by Crippen LogP contribution is -2.26. The van der Waals surface area contributed by atoms with Crippen molar-refractivity contribution in [2.45, 2.75) is 50.7 Å². The van der Waals surface area contributed by atoms with E-state index in [0.717, 1.165) is 12.8 Å². The standard InChI is InChI=1S/C16H24FNO/c1-18-16(14-10-6-7-11-15(14)17)12-19-13-8-4-2-3-5-9-13/h6-7,10-11,13,16,18H,2-5,8-9,12H2,1H3. The van der Waals surface area contributed by atoms with Crippen LogP contribution in [-0.4, -0.2) is 19.8 Å².